The molecule has 9 heteroatoms. The number of aryl methyl sites for hydroxylation is 1. The first-order valence-electron chi connectivity index (χ1n) is 8.25. The van der Waals surface area contributed by atoms with Gasteiger partial charge in [-0.05, 0) is 43.3 Å². The van der Waals surface area contributed by atoms with Crippen LogP contribution in [-0.2, 0) is 10.0 Å². The van der Waals surface area contributed by atoms with Crippen LogP contribution in [0.2, 0.25) is 0 Å². The number of hydrogen-bond donors (Lipinski definition) is 3. The summed E-state index contributed by atoms with van der Waals surface area (Å²) in [7, 11) is -4.05. The molecule has 0 unspecified atom stereocenters. The molecule has 4 N–H and O–H groups in total. The molecule has 0 aliphatic carbocycles. The molecule has 0 heterocycles. The van der Waals surface area contributed by atoms with Crippen molar-refractivity contribution in [2.75, 3.05) is 10.6 Å². The topological polar surface area (TPSA) is 127 Å². The molecular weight excluding hydrogens is 380 g/mol. The lowest BCUT2D eigenvalue weighted by Crippen LogP contribution is -2.12. The second-order valence-electron chi connectivity index (χ2n) is 6.14. The highest BCUT2D eigenvalue weighted by molar-refractivity contribution is 7.89. The number of nitrogens with one attached hydrogen (secondary N) is 2. The Balaban J connectivity index is 1.96. The van der Waals surface area contributed by atoms with E-state index in [1.807, 2.05) is 43.3 Å². The summed E-state index contributed by atoms with van der Waals surface area (Å²) in [6.45, 7) is 1.99. The van der Waals surface area contributed by atoms with E-state index in [9.17, 15) is 18.5 Å². The number of hydrogen-bond acceptors (Lipinski definition) is 6. The third kappa shape index (κ3) is 4.45. The number of nitrogens with two attached hydrogens (primary N) is 1. The van der Waals surface area contributed by atoms with Gasteiger partial charge < -0.3 is 10.6 Å². The fraction of sp³-hybridized carbons (Fsp3) is 0.0526. The lowest BCUT2D eigenvalue weighted by atomic mass is 10.2. The number of sulfonamides is 1. The molecule has 28 heavy (non-hydrogen) atoms. The van der Waals surface area contributed by atoms with Crippen molar-refractivity contribution >= 4 is 38.5 Å². The van der Waals surface area contributed by atoms with Gasteiger partial charge in [0.1, 0.15) is 5.69 Å². The monoisotopic (exact) mass is 398 g/mol. The summed E-state index contributed by atoms with van der Waals surface area (Å²) >= 11 is 0. The molecule has 8 nitrogen and oxygen atoms in total. The third-order valence-electron chi connectivity index (χ3n) is 4.02. The highest BCUT2D eigenvalue weighted by Crippen LogP contribution is 2.33. The summed E-state index contributed by atoms with van der Waals surface area (Å²) in [5, 5.41) is 22.7. The second-order valence-corrected chi connectivity index (χ2v) is 7.70. The van der Waals surface area contributed by atoms with Crippen molar-refractivity contribution < 1.29 is 13.3 Å². The SMILES string of the molecule is Cc1ccc(Nc2ccccc2Nc2ccc(S(N)(=O)=O)cc2[N+](=O)[O-])cc1. The van der Waals surface area contributed by atoms with Crippen molar-refractivity contribution in [2.24, 2.45) is 5.14 Å². The standard InChI is InChI=1S/C19H18N4O4S/c1-13-6-8-14(9-7-13)21-16-4-2-3-5-17(16)22-18-11-10-15(28(20,26)27)12-19(18)23(24)25/h2-12,21-22H,1H3,(H2,20,26,27). The maximum atomic E-state index is 11.5. The Morgan fingerprint density at radius 1 is 0.893 bits per heavy atom. The van der Waals surface area contributed by atoms with E-state index >= 15 is 0 Å². The molecular formula is C19H18N4O4S. The van der Waals surface area contributed by atoms with Gasteiger partial charge in [-0.15, -0.1) is 0 Å². The Morgan fingerprint density at radius 3 is 2.07 bits per heavy atom. The van der Waals surface area contributed by atoms with Gasteiger partial charge >= 0.3 is 0 Å². The largest absolute Gasteiger partial charge is 0.354 e. The number of primary sulfonamides is 1. The zero-order valence-corrected chi connectivity index (χ0v) is 15.7. The van der Waals surface area contributed by atoms with Gasteiger partial charge in [0, 0.05) is 11.8 Å². The van der Waals surface area contributed by atoms with Gasteiger partial charge in [0.05, 0.1) is 21.2 Å². The zero-order chi connectivity index (χ0) is 20.3. The number of nitro groups is 1. The van der Waals surface area contributed by atoms with Crippen LogP contribution in [0.4, 0.5) is 28.4 Å². The second kappa shape index (κ2) is 7.67. The van der Waals surface area contributed by atoms with E-state index in [-0.39, 0.29) is 10.6 Å². The van der Waals surface area contributed by atoms with Crippen molar-refractivity contribution in [1.82, 2.24) is 0 Å². The molecule has 0 saturated carbocycles. The van der Waals surface area contributed by atoms with Crippen LogP contribution in [0.1, 0.15) is 5.56 Å². The fourth-order valence-electron chi connectivity index (χ4n) is 2.58. The Hall–Kier alpha value is -3.43. The maximum Gasteiger partial charge on any atom is 0.294 e. The molecule has 0 saturated heterocycles. The molecule has 0 fully saturated rings. The van der Waals surface area contributed by atoms with Gasteiger partial charge in [0.15, 0.2) is 0 Å². The van der Waals surface area contributed by atoms with Gasteiger partial charge in [0.25, 0.3) is 5.69 Å². The van der Waals surface area contributed by atoms with Gasteiger partial charge in [0.2, 0.25) is 10.0 Å². The van der Waals surface area contributed by atoms with E-state index in [0.29, 0.717) is 11.4 Å². The van der Waals surface area contributed by atoms with Gasteiger partial charge in [-0.1, -0.05) is 29.8 Å². The van der Waals surface area contributed by atoms with Gasteiger partial charge in [-0.3, -0.25) is 10.1 Å². The zero-order valence-electron chi connectivity index (χ0n) is 14.9. The van der Waals surface area contributed by atoms with Crippen molar-refractivity contribution in [3.05, 3.63) is 82.4 Å². The predicted octanol–water partition coefficient (Wildman–Crippen LogP) is 4.04. The Bertz CT molecular complexity index is 1130. The minimum atomic E-state index is -4.05. The minimum Gasteiger partial charge on any atom is -0.354 e. The molecule has 0 atom stereocenters. The number of nitro benzene ring substituents is 1. The lowest BCUT2D eigenvalue weighted by Gasteiger charge is -2.14. The highest BCUT2D eigenvalue weighted by Gasteiger charge is 2.19. The smallest absolute Gasteiger partial charge is 0.294 e. The summed E-state index contributed by atoms with van der Waals surface area (Å²) in [4.78, 5) is 10.4. The van der Waals surface area contributed by atoms with Crippen LogP contribution in [0.15, 0.2) is 71.6 Å². The number of benzene rings is 3. The van der Waals surface area contributed by atoms with Crippen LogP contribution in [0, 0.1) is 17.0 Å². The quantitative estimate of drug-likeness (QED) is 0.425. The van der Waals surface area contributed by atoms with Crippen LogP contribution >= 0.6 is 0 Å². The van der Waals surface area contributed by atoms with Crippen LogP contribution < -0.4 is 15.8 Å². The maximum absolute atomic E-state index is 11.5. The fourth-order valence-corrected chi connectivity index (χ4v) is 3.12. The van der Waals surface area contributed by atoms with Crippen LogP contribution in [-0.4, -0.2) is 13.3 Å². The highest BCUT2D eigenvalue weighted by atomic mass is 32.2. The number of anilines is 4. The lowest BCUT2D eigenvalue weighted by molar-refractivity contribution is -0.384. The molecule has 3 aromatic rings. The summed E-state index contributed by atoms with van der Waals surface area (Å²) < 4.78 is 23.0. The third-order valence-corrected chi connectivity index (χ3v) is 4.93. The van der Waals surface area contributed by atoms with Crippen molar-refractivity contribution in [3.63, 3.8) is 0 Å². The van der Waals surface area contributed by atoms with Crippen LogP contribution in [0.3, 0.4) is 0 Å². The van der Waals surface area contributed by atoms with Crippen molar-refractivity contribution in [2.45, 2.75) is 11.8 Å². The van der Waals surface area contributed by atoms with E-state index in [0.717, 1.165) is 17.3 Å². The van der Waals surface area contributed by atoms with Crippen molar-refractivity contribution in [3.8, 4) is 0 Å². The average molecular weight is 398 g/mol. The minimum absolute atomic E-state index is 0.149. The number of para-hydroxylation sites is 2. The molecule has 144 valence electrons. The number of nitrogens with zero attached hydrogens (tertiary/aromatic N) is 1. The summed E-state index contributed by atoms with van der Waals surface area (Å²) in [6, 6.07) is 18.5. The van der Waals surface area contributed by atoms with Crippen LogP contribution in [0.25, 0.3) is 0 Å². The van der Waals surface area contributed by atoms with Crippen LogP contribution in [0.5, 0.6) is 0 Å². The Labute approximate surface area is 162 Å². The molecule has 3 rings (SSSR count). The van der Waals surface area contributed by atoms with E-state index in [2.05, 4.69) is 10.6 Å². The summed E-state index contributed by atoms with van der Waals surface area (Å²) in [5.74, 6) is 0. The summed E-state index contributed by atoms with van der Waals surface area (Å²) in [6.07, 6.45) is 0. The normalized spacial score (nSPS) is 11.1. The first-order valence-corrected chi connectivity index (χ1v) is 9.79. The Kier molecular flexibility index (Phi) is 5.30. The van der Waals surface area contributed by atoms with E-state index in [4.69, 9.17) is 5.14 Å². The molecule has 0 spiro atoms. The molecule has 0 aromatic heterocycles. The van der Waals surface area contributed by atoms with Crippen molar-refractivity contribution in [1.29, 1.82) is 0 Å². The molecule has 0 radical (unpaired) electrons. The van der Waals surface area contributed by atoms with E-state index < -0.39 is 20.6 Å². The van der Waals surface area contributed by atoms with Gasteiger partial charge in [-0.25, -0.2) is 13.6 Å². The van der Waals surface area contributed by atoms with Gasteiger partial charge in [-0.2, -0.15) is 0 Å². The summed E-state index contributed by atoms with van der Waals surface area (Å²) in [5.41, 5.74) is 3.04. The first-order chi connectivity index (χ1) is 13.2. The van der Waals surface area contributed by atoms with E-state index in [1.165, 1.54) is 12.1 Å². The molecule has 3 aromatic carbocycles. The molecule has 0 aliphatic rings. The molecule has 0 bridgehead atoms. The average Bonchev–Trinajstić information content (AvgIpc) is 2.64. The predicted molar refractivity (Wildman–Crippen MR) is 109 cm³/mol. The Morgan fingerprint density at radius 2 is 1.50 bits per heavy atom. The molecule has 0 amide bonds. The molecule has 0 aliphatic heterocycles. The van der Waals surface area contributed by atoms with E-state index in [1.54, 1.807) is 12.1 Å². The number of rotatable bonds is 6. The first kappa shape index (κ1) is 19.3.